The van der Waals surface area contributed by atoms with Crippen LogP contribution < -0.4 is 14.7 Å². The number of fused-ring (bicyclic) bond motifs is 1. The van der Waals surface area contributed by atoms with E-state index in [4.69, 9.17) is 21.2 Å². The summed E-state index contributed by atoms with van der Waals surface area (Å²) in [7, 11) is 1.60. The Morgan fingerprint density at radius 3 is 2.38 bits per heavy atom. The van der Waals surface area contributed by atoms with Crippen molar-refractivity contribution in [3.63, 3.8) is 0 Å². The molecule has 0 spiro atoms. The fraction of sp³-hybridized carbons (Fsp3) is 0.200. The zero-order valence-corrected chi connectivity index (χ0v) is 18.3. The molecule has 0 radical (unpaired) electrons. The third-order valence-corrected chi connectivity index (χ3v) is 6.23. The van der Waals surface area contributed by atoms with Crippen LogP contribution in [0.5, 0.6) is 5.75 Å². The number of amides is 2. The van der Waals surface area contributed by atoms with E-state index in [1.807, 2.05) is 55.5 Å². The van der Waals surface area contributed by atoms with E-state index in [0.717, 1.165) is 16.8 Å². The van der Waals surface area contributed by atoms with Gasteiger partial charge in [0.2, 0.25) is 5.91 Å². The molecule has 2 saturated heterocycles. The van der Waals surface area contributed by atoms with Crippen LogP contribution in [-0.4, -0.2) is 25.0 Å². The second kappa shape index (κ2) is 7.97. The van der Waals surface area contributed by atoms with Gasteiger partial charge in [-0.2, -0.15) is 0 Å². The summed E-state index contributed by atoms with van der Waals surface area (Å²) < 4.78 is 5.29. The van der Waals surface area contributed by atoms with Crippen LogP contribution in [0.1, 0.15) is 17.2 Å². The number of ether oxygens (including phenoxy) is 1. The number of carbonyl (C=O) groups is 2. The van der Waals surface area contributed by atoms with Crippen molar-refractivity contribution in [1.29, 1.82) is 0 Å². The summed E-state index contributed by atoms with van der Waals surface area (Å²) in [6, 6.07) is 21.5. The van der Waals surface area contributed by atoms with Crippen LogP contribution in [0.15, 0.2) is 72.8 Å². The maximum Gasteiger partial charge on any atom is 0.266 e. The van der Waals surface area contributed by atoms with E-state index < -0.39 is 24.0 Å². The van der Waals surface area contributed by atoms with E-state index in [-0.39, 0.29) is 5.91 Å². The molecular formula is C25H21ClN2O4. The van der Waals surface area contributed by atoms with Gasteiger partial charge in [0.15, 0.2) is 6.10 Å². The Morgan fingerprint density at radius 1 is 0.938 bits per heavy atom. The van der Waals surface area contributed by atoms with Gasteiger partial charge < -0.3 is 4.74 Å². The number of nitrogens with zero attached hydrogens (tertiary/aromatic N) is 2. The van der Waals surface area contributed by atoms with E-state index in [2.05, 4.69) is 0 Å². The van der Waals surface area contributed by atoms with Crippen LogP contribution >= 0.6 is 11.6 Å². The third kappa shape index (κ3) is 3.23. The summed E-state index contributed by atoms with van der Waals surface area (Å²) in [6.45, 7) is 1.97. The van der Waals surface area contributed by atoms with Crippen molar-refractivity contribution in [2.45, 2.75) is 19.1 Å². The van der Waals surface area contributed by atoms with Gasteiger partial charge in [0, 0.05) is 5.02 Å². The summed E-state index contributed by atoms with van der Waals surface area (Å²) in [5, 5.41) is 2.16. The fourth-order valence-electron chi connectivity index (χ4n) is 4.44. The number of halogens is 1. The van der Waals surface area contributed by atoms with E-state index in [9.17, 15) is 9.59 Å². The number of hydrogen-bond acceptors (Lipinski definition) is 5. The third-order valence-electron chi connectivity index (χ3n) is 5.99. The molecule has 5 rings (SSSR count). The highest BCUT2D eigenvalue weighted by molar-refractivity contribution is 6.31. The Morgan fingerprint density at radius 2 is 1.69 bits per heavy atom. The maximum atomic E-state index is 13.6. The van der Waals surface area contributed by atoms with Gasteiger partial charge in [-0.15, -0.1) is 0 Å². The monoisotopic (exact) mass is 448 g/mol. The molecule has 2 aliphatic heterocycles. The quantitative estimate of drug-likeness (QED) is 0.541. The molecule has 2 aliphatic rings. The molecule has 0 bridgehead atoms. The Kier molecular flexibility index (Phi) is 5.12. The number of anilines is 2. The lowest BCUT2D eigenvalue weighted by Crippen LogP contribution is -2.37. The summed E-state index contributed by atoms with van der Waals surface area (Å²) in [5.41, 5.74) is 3.10. The van der Waals surface area contributed by atoms with Crippen molar-refractivity contribution in [2.24, 2.45) is 5.92 Å². The number of benzene rings is 3. The molecule has 0 aromatic heterocycles. The molecule has 0 unspecified atom stereocenters. The summed E-state index contributed by atoms with van der Waals surface area (Å²) in [6.07, 6.45) is -0.923. The number of aryl methyl sites for hydroxylation is 1. The molecule has 3 aromatic carbocycles. The molecule has 32 heavy (non-hydrogen) atoms. The van der Waals surface area contributed by atoms with Gasteiger partial charge in [0.05, 0.1) is 24.5 Å². The molecule has 162 valence electrons. The largest absolute Gasteiger partial charge is 0.497 e. The second-order valence-corrected chi connectivity index (χ2v) is 8.31. The Hall–Kier alpha value is -3.35. The zero-order valence-electron chi connectivity index (χ0n) is 17.6. The highest BCUT2D eigenvalue weighted by atomic mass is 35.5. The van der Waals surface area contributed by atoms with Crippen LogP contribution in [-0.2, 0) is 14.4 Å². The lowest BCUT2D eigenvalue weighted by Gasteiger charge is -2.29. The van der Waals surface area contributed by atoms with Gasteiger partial charge in [0.1, 0.15) is 11.7 Å². The Labute approximate surface area is 190 Å². The molecule has 2 fully saturated rings. The zero-order chi connectivity index (χ0) is 22.4. The maximum absolute atomic E-state index is 13.6. The fourth-order valence-corrected chi connectivity index (χ4v) is 4.63. The predicted octanol–water partition coefficient (Wildman–Crippen LogP) is 4.71. The van der Waals surface area contributed by atoms with Crippen molar-refractivity contribution in [2.75, 3.05) is 17.1 Å². The second-order valence-electron chi connectivity index (χ2n) is 7.87. The lowest BCUT2D eigenvalue weighted by atomic mass is 9.90. The number of methoxy groups -OCH3 is 1. The SMILES string of the molecule is COc1ccc([C@@H]2[C@H]3C(=O)N(c4cccc(Cl)c4)C(=O)[C@H]3ON2c2ccccc2C)cc1. The van der Waals surface area contributed by atoms with Gasteiger partial charge in [-0.3, -0.25) is 14.4 Å². The predicted molar refractivity (Wildman–Crippen MR) is 122 cm³/mol. The van der Waals surface area contributed by atoms with Crippen molar-refractivity contribution < 1.29 is 19.2 Å². The Bertz CT molecular complexity index is 1200. The van der Waals surface area contributed by atoms with E-state index in [0.29, 0.717) is 16.5 Å². The first-order valence-electron chi connectivity index (χ1n) is 10.3. The van der Waals surface area contributed by atoms with Crippen molar-refractivity contribution in [3.05, 3.63) is 88.9 Å². The summed E-state index contributed by atoms with van der Waals surface area (Å²) in [4.78, 5) is 34.3. The number of rotatable bonds is 4. The minimum absolute atomic E-state index is 0.306. The molecule has 3 atom stereocenters. The van der Waals surface area contributed by atoms with Gasteiger partial charge in [-0.05, 0) is 54.4 Å². The summed E-state index contributed by atoms with van der Waals surface area (Å²) >= 11 is 6.11. The van der Waals surface area contributed by atoms with Gasteiger partial charge in [-0.1, -0.05) is 48.0 Å². The van der Waals surface area contributed by atoms with E-state index >= 15 is 0 Å². The molecule has 2 amide bonds. The molecule has 0 aliphatic carbocycles. The minimum atomic E-state index is -0.923. The first kappa shape index (κ1) is 20.5. The average Bonchev–Trinajstić information content (AvgIpc) is 3.30. The standard InChI is InChI=1S/C25H21ClN2O4/c1-15-6-3-4-9-20(15)28-22(16-10-12-19(31-2)13-11-16)21-23(32-28)25(30)27(24(21)29)18-8-5-7-17(26)14-18/h3-14,21-23H,1-2H3/t21-,22-,23+/m1/s1. The molecular weight excluding hydrogens is 428 g/mol. The van der Waals surface area contributed by atoms with Crippen molar-refractivity contribution in [3.8, 4) is 5.75 Å². The molecule has 7 heteroatoms. The minimum Gasteiger partial charge on any atom is -0.497 e. The molecule has 3 aromatic rings. The van der Waals surface area contributed by atoms with Gasteiger partial charge in [-0.25, -0.2) is 9.96 Å². The molecule has 0 N–H and O–H groups in total. The highest BCUT2D eigenvalue weighted by Gasteiger charge is 2.60. The number of carbonyl (C=O) groups excluding carboxylic acids is 2. The Balaban J connectivity index is 1.60. The highest BCUT2D eigenvalue weighted by Crippen LogP contribution is 2.48. The van der Waals surface area contributed by atoms with Crippen LogP contribution in [0.3, 0.4) is 0 Å². The number of imide groups is 1. The van der Waals surface area contributed by atoms with Crippen LogP contribution in [0.4, 0.5) is 11.4 Å². The van der Waals surface area contributed by atoms with Crippen LogP contribution in [0.25, 0.3) is 0 Å². The van der Waals surface area contributed by atoms with Crippen molar-refractivity contribution >= 4 is 34.8 Å². The lowest BCUT2D eigenvalue weighted by molar-refractivity contribution is -0.126. The van der Waals surface area contributed by atoms with Crippen LogP contribution in [0, 0.1) is 12.8 Å². The number of hydroxylamine groups is 1. The van der Waals surface area contributed by atoms with Crippen LogP contribution in [0.2, 0.25) is 5.02 Å². The first-order chi connectivity index (χ1) is 15.5. The molecule has 6 nitrogen and oxygen atoms in total. The van der Waals surface area contributed by atoms with E-state index in [1.54, 1.807) is 36.4 Å². The summed E-state index contributed by atoms with van der Waals surface area (Å²) in [5.74, 6) is -0.688. The normalized spacial score (nSPS) is 22.4. The first-order valence-corrected chi connectivity index (χ1v) is 10.7. The number of para-hydroxylation sites is 1. The molecule has 0 saturated carbocycles. The topological polar surface area (TPSA) is 59.1 Å². The molecule has 2 heterocycles. The van der Waals surface area contributed by atoms with Gasteiger partial charge >= 0.3 is 0 Å². The number of hydrogen-bond donors (Lipinski definition) is 0. The van der Waals surface area contributed by atoms with Crippen molar-refractivity contribution in [1.82, 2.24) is 0 Å². The van der Waals surface area contributed by atoms with E-state index in [1.165, 1.54) is 4.90 Å². The smallest absolute Gasteiger partial charge is 0.266 e. The van der Waals surface area contributed by atoms with Gasteiger partial charge in [0.25, 0.3) is 5.91 Å². The average molecular weight is 449 g/mol.